The highest BCUT2D eigenvalue weighted by atomic mass is 19.3. The summed E-state index contributed by atoms with van der Waals surface area (Å²) in [6, 6.07) is 1.67. The number of aromatic nitrogens is 1. The molecule has 28 heavy (non-hydrogen) atoms. The smallest absolute Gasteiger partial charge is 0.280 e. The third-order valence-electron chi connectivity index (χ3n) is 4.67. The van der Waals surface area contributed by atoms with Gasteiger partial charge in [-0.05, 0) is 50.4 Å². The van der Waals surface area contributed by atoms with Crippen molar-refractivity contribution in [1.29, 1.82) is 0 Å². The van der Waals surface area contributed by atoms with Crippen molar-refractivity contribution >= 4 is 12.1 Å². The van der Waals surface area contributed by atoms with E-state index in [2.05, 4.69) is 25.7 Å². The zero-order chi connectivity index (χ0) is 20.1. The molecule has 2 aliphatic rings. The van der Waals surface area contributed by atoms with Crippen LogP contribution >= 0.6 is 0 Å². The molecule has 1 aromatic heterocycles. The molecule has 0 radical (unpaired) electrons. The molecule has 0 aromatic carbocycles. The van der Waals surface area contributed by atoms with E-state index in [0.29, 0.717) is 42.8 Å². The number of aryl methyl sites for hydroxylation is 1. The molecule has 7 nitrogen and oxygen atoms in total. The van der Waals surface area contributed by atoms with E-state index in [1.54, 1.807) is 18.0 Å². The summed E-state index contributed by atoms with van der Waals surface area (Å²) in [7, 11) is 0. The molecule has 0 fully saturated rings. The van der Waals surface area contributed by atoms with Crippen molar-refractivity contribution in [1.82, 2.24) is 20.7 Å². The Balaban J connectivity index is 1.88. The van der Waals surface area contributed by atoms with Gasteiger partial charge >= 0.3 is 0 Å². The Morgan fingerprint density at radius 2 is 2.21 bits per heavy atom. The maximum Gasteiger partial charge on any atom is 0.280 e. The van der Waals surface area contributed by atoms with Crippen LogP contribution < -0.4 is 10.7 Å². The number of nitrogens with one attached hydrogen (secondary N) is 2. The van der Waals surface area contributed by atoms with Gasteiger partial charge in [-0.25, -0.2) is 28.2 Å². The number of fused-ring (bicyclic) bond motifs is 1. The Labute approximate surface area is 161 Å². The molecule has 0 saturated heterocycles. The second-order valence-electron chi connectivity index (χ2n) is 6.67. The normalized spacial score (nSPS) is 19.4. The summed E-state index contributed by atoms with van der Waals surface area (Å²) in [4.78, 5) is 12.0. The second-order valence-corrected chi connectivity index (χ2v) is 6.67. The van der Waals surface area contributed by atoms with Gasteiger partial charge in [-0.2, -0.15) is 0 Å². The van der Waals surface area contributed by atoms with Gasteiger partial charge in [-0.3, -0.25) is 15.7 Å². The van der Waals surface area contributed by atoms with Crippen LogP contribution in [0.3, 0.4) is 0 Å². The third kappa shape index (κ3) is 4.68. The number of hydrogen-bond acceptors (Lipinski definition) is 7. The molecule has 0 saturated carbocycles. The van der Waals surface area contributed by atoms with Crippen molar-refractivity contribution < 1.29 is 18.3 Å². The third-order valence-corrected chi connectivity index (χ3v) is 4.67. The molecule has 152 valence electrons. The van der Waals surface area contributed by atoms with Gasteiger partial charge in [0.2, 0.25) is 6.29 Å². The van der Waals surface area contributed by atoms with E-state index in [9.17, 15) is 13.2 Å². The van der Waals surface area contributed by atoms with Gasteiger partial charge in [0.05, 0.1) is 12.9 Å². The van der Waals surface area contributed by atoms with Gasteiger partial charge in [-0.15, -0.1) is 0 Å². The Kier molecular flexibility index (Phi) is 6.63. The van der Waals surface area contributed by atoms with Gasteiger partial charge in [-0.1, -0.05) is 0 Å². The first-order chi connectivity index (χ1) is 13.5. The topological polar surface area (TPSA) is 85.1 Å². The largest absolute Gasteiger partial charge is 0.381 e. The molecule has 0 bridgehead atoms. The van der Waals surface area contributed by atoms with Gasteiger partial charge in [0.1, 0.15) is 17.9 Å². The van der Waals surface area contributed by atoms with E-state index in [1.807, 2.05) is 0 Å². The predicted molar refractivity (Wildman–Crippen MR) is 99.2 cm³/mol. The predicted octanol–water partition coefficient (Wildman–Crippen LogP) is 1.74. The molecular weight excluding hydrogens is 373 g/mol. The highest BCUT2D eigenvalue weighted by Crippen LogP contribution is 2.31. The van der Waals surface area contributed by atoms with Crippen LogP contribution in [0.15, 0.2) is 34.0 Å². The number of hydrogen-bond donors (Lipinski definition) is 3. The number of nitrogens with zero attached hydrogens (tertiary/aromatic N) is 4. The molecule has 0 spiro atoms. The van der Waals surface area contributed by atoms with Crippen molar-refractivity contribution in [2.24, 2.45) is 15.9 Å². The zero-order valence-corrected chi connectivity index (χ0v) is 15.4. The molecule has 10 heteroatoms. The minimum Gasteiger partial charge on any atom is -0.381 e. The lowest BCUT2D eigenvalue weighted by molar-refractivity contribution is 0.197. The summed E-state index contributed by atoms with van der Waals surface area (Å²) in [5, 5.41) is 13.3. The molecule has 0 aliphatic carbocycles. The molecule has 3 N–H and O–H groups in total. The monoisotopic (exact) mass is 396 g/mol. The van der Waals surface area contributed by atoms with Crippen molar-refractivity contribution in [3.63, 3.8) is 0 Å². The molecule has 1 aromatic rings. The second kappa shape index (κ2) is 9.16. The molecule has 3 rings (SSSR count). The number of rotatable bonds is 9. The van der Waals surface area contributed by atoms with E-state index in [0.717, 1.165) is 0 Å². The lowest BCUT2D eigenvalue weighted by Crippen LogP contribution is -2.43. The summed E-state index contributed by atoms with van der Waals surface area (Å²) in [6.45, 7) is 2.19. The summed E-state index contributed by atoms with van der Waals surface area (Å²) in [5.74, 6) is -0.678. The van der Waals surface area contributed by atoms with E-state index in [4.69, 9.17) is 5.11 Å². The average molecular weight is 396 g/mol. The Hall–Kier alpha value is -2.46. The van der Waals surface area contributed by atoms with Gasteiger partial charge in [0.25, 0.3) is 6.43 Å². The summed E-state index contributed by atoms with van der Waals surface area (Å²) in [5.41, 5.74) is 4.34. The summed E-state index contributed by atoms with van der Waals surface area (Å²) < 4.78 is 41.0. The van der Waals surface area contributed by atoms with E-state index >= 15 is 0 Å². The number of alkyl halides is 2. The number of halogens is 3. The minimum atomic E-state index is -2.72. The molecule has 2 unspecified atom stereocenters. The fourth-order valence-corrected chi connectivity index (χ4v) is 3.35. The molecule has 2 aliphatic heterocycles. The summed E-state index contributed by atoms with van der Waals surface area (Å²) >= 11 is 0. The SMILES string of the molecule is Cc1cc(CC(CCCNCO)C2=CC(C(F)F)=NC3N=CNN23)c(F)cn1. The van der Waals surface area contributed by atoms with Crippen LogP contribution in [0.1, 0.15) is 24.1 Å². The van der Waals surface area contributed by atoms with Gasteiger partial charge < -0.3 is 5.11 Å². The minimum absolute atomic E-state index is 0.142. The average Bonchev–Trinajstić information content (AvgIpc) is 3.15. The van der Waals surface area contributed by atoms with Crippen LogP contribution in [0.25, 0.3) is 0 Å². The standard InChI is InChI=1S/C18H23F3N6O/c1-11-5-13(14(19)8-23-11)6-12(3-2-4-22-10-28)16-7-15(17(20)21)26-18-24-9-25-27(16)18/h5,7-9,12,17-18,22,28H,2-4,6,10H2,1H3,(H,24,25). The van der Waals surface area contributed by atoms with Gasteiger partial charge in [0, 0.05) is 17.3 Å². The molecule has 2 atom stereocenters. The van der Waals surface area contributed by atoms with E-state index < -0.39 is 18.5 Å². The number of pyridine rings is 1. The molecule has 3 heterocycles. The Morgan fingerprint density at radius 1 is 1.39 bits per heavy atom. The first-order valence-electron chi connectivity index (χ1n) is 9.06. The number of aliphatic hydroxyl groups excluding tert-OH is 1. The first-order valence-corrected chi connectivity index (χ1v) is 9.06. The maximum atomic E-state index is 14.3. The van der Waals surface area contributed by atoms with Crippen molar-refractivity contribution in [3.05, 3.63) is 41.1 Å². The van der Waals surface area contributed by atoms with Crippen LogP contribution in [0.2, 0.25) is 0 Å². The highest BCUT2D eigenvalue weighted by Gasteiger charge is 2.34. The molecule has 0 amide bonds. The van der Waals surface area contributed by atoms with Gasteiger partial charge in [0.15, 0.2) is 0 Å². The highest BCUT2D eigenvalue weighted by molar-refractivity contribution is 5.98. The lowest BCUT2D eigenvalue weighted by Gasteiger charge is -2.34. The Bertz CT molecular complexity index is 783. The fourth-order valence-electron chi connectivity index (χ4n) is 3.35. The van der Waals surface area contributed by atoms with Crippen LogP contribution in [0, 0.1) is 18.7 Å². The van der Waals surface area contributed by atoms with Crippen molar-refractivity contribution in [3.8, 4) is 0 Å². The van der Waals surface area contributed by atoms with E-state index in [-0.39, 0.29) is 18.4 Å². The van der Waals surface area contributed by atoms with Crippen LogP contribution in [-0.2, 0) is 6.42 Å². The Morgan fingerprint density at radius 3 is 2.96 bits per heavy atom. The maximum absolute atomic E-state index is 14.3. The van der Waals surface area contributed by atoms with E-state index in [1.165, 1.54) is 18.6 Å². The van der Waals surface area contributed by atoms with Crippen molar-refractivity contribution in [2.75, 3.05) is 13.3 Å². The van der Waals surface area contributed by atoms with Crippen LogP contribution in [-0.4, -0.2) is 53.1 Å². The lowest BCUT2D eigenvalue weighted by atomic mass is 9.90. The van der Waals surface area contributed by atoms with Crippen LogP contribution in [0.4, 0.5) is 13.2 Å². The summed E-state index contributed by atoms with van der Waals surface area (Å²) in [6.07, 6.45) is 2.04. The quantitative estimate of drug-likeness (QED) is 0.437. The number of aliphatic imine (C=N–C) groups is 2. The first kappa shape index (κ1) is 20.3. The number of hydrazine groups is 1. The fraction of sp³-hybridized carbons (Fsp3) is 0.500. The number of allylic oxidation sites excluding steroid dienone is 2. The van der Waals surface area contributed by atoms with Crippen LogP contribution in [0.5, 0.6) is 0 Å². The van der Waals surface area contributed by atoms with Crippen molar-refractivity contribution in [2.45, 2.75) is 38.9 Å². The zero-order valence-electron chi connectivity index (χ0n) is 15.4. The number of aliphatic hydroxyl groups is 1. The molecular formula is C18H23F3N6O.